The van der Waals surface area contributed by atoms with E-state index in [4.69, 9.17) is 0 Å². The van der Waals surface area contributed by atoms with Gasteiger partial charge in [0.05, 0.1) is 12.7 Å². The summed E-state index contributed by atoms with van der Waals surface area (Å²) in [6.45, 7) is 6.96. The van der Waals surface area contributed by atoms with Crippen LogP contribution in [0.1, 0.15) is 25.7 Å². The lowest BCUT2D eigenvalue weighted by Gasteiger charge is -2.18. The first-order chi connectivity index (χ1) is 8.27. The number of imidazole rings is 1. The second-order valence-corrected chi connectivity index (χ2v) is 4.51. The molecule has 3 heterocycles. The molecule has 90 valence electrons. The van der Waals surface area contributed by atoms with E-state index in [1.54, 1.807) is 6.33 Å². The minimum Gasteiger partial charge on any atom is -0.323 e. The van der Waals surface area contributed by atoms with Crippen LogP contribution in [0.3, 0.4) is 0 Å². The van der Waals surface area contributed by atoms with E-state index in [0.717, 1.165) is 37.0 Å². The third-order valence-electron chi connectivity index (χ3n) is 3.02. The van der Waals surface area contributed by atoms with Crippen LogP contribution in [0.15, 0.2) is 12.5 Å². The zero-order valence-electron chi connectivity index (χ0n) is 10.1. The predicted molar refractivity (Wildman–Crippen MR) is 63.3 cm³/mol. The van der Waals surface area contributed by atoms with Crippen molar-refractivity contribution in [1.82, 2.24) is 29.6 Å². The second-order valence-electron chi connectivity index (χ2n) is 4.51. The molecule has 1 N–H and O–H groups in total. The molecule has 0 aliphatic carbocycles. The van der Waals surface area contributed by atoms with Gasteiger partial charge in [0.2, 0.25) is 0 Å². The van der Waals surface area contributed by atoms with E-state index in [0.29, 0.717) is 6.04 Å². The molecule has 0 spiro atoms. The molecule has 2 aromatic rings. The smallest absolute Gasteiger partial charge is 0.176 e. The Morgan fingerprint density at radius 1 is 1.35 bits per heavy atom. The highest BCUT2D eigenvalue weighted by atomic mass is 15.4. The number of nitrogens with zero attached hydrogens (tertiary/aromatic N) is 5. The molecule has 1 aliphatic heterocycles. The van der Waals surface area contributed by atoms with Gasteiger partial charge in [0.25, 0.3) is 0 Å². The minimum absolute atomic E-state index is 0.306. The monoisotopic (exact) mass is 232 g/mol. The minimum atomic E-state index is 0.306. The van der Waals surface area contributed by atoms with Gasteiger partial charge in [-0.2, -0.15) is 5.10 Å². The second kappa shape index (κ2) is 3.96. The Hall–Kier alpha value is -1.69. The maximum Gasteiger partial charge on any atom is 0.176 e. The molecule has 2 aromatic heterocycles. The molecule has 0 unspecified atom stereocenters. The fourth-order valence-corrected chi connectivity index (χ4v) is 2.19. The summed E-state index contributed by atoms with van der Waals surface area (Å²) in [4.78, 5) is 8.79. The third-order valence-corrected chi connectivity index (χ3v) is 3.02. The van der Waals surface area contributed by atoms with Crippen LogP contribution in [0.5, 0.6) is 0 Å². The van der Waals surface area contributed by atoms with Gasteiger partial charge in [-0.1, -0.05) is 0 Å². The lowest BCUT2D eigenvalue weighted by Crippen LogP contribution is -2.28. The summed E-state index contributed by atoms with van der Waals surface area (Å²) in [5.74, 6) is 1.98. The fraction of sp³-hybridized carbons (Fsp3) is 0.545. The van der Waals surface area contributed by atoms with Crippen molar-refractivity contribution in [1.29, 1.82) is 0 Å². The summed E-state index contributed by atoms with van der Waals surface area (Å²) < 4.78 is 4.16. The SMILES string of the molecule is CC(C)n1ncnc1-c1cnc2n1CCNC2. The molecule has 0 aromatic carbocycles. The summed E-state index contributed by atoms with van der Waals surface area (Å²) in [6, 6.07) is 0.306. The van der Waals surface area contributed by atoms with Crippen molar-refractivity contribution in [2.24, 2.45) is 0 Å². The Bertz CT molecular complexity index is 524. The highest BCUT2D eigenvalue weighted by Gasteiger charge is 2.19. The molecule has 6 nitrogen and oxygen atoms in total. The van der Waals surface area contributed by atoms with Crippen LogP contribution >= 0.6 is 0 Å². The topological polar surface area (TPSA) is 60.6 Å². The lowest BCUT2D eigenvalue weighted by molar-refractivity contribution is 0.500. The summed E-state index contributed by atoms with van der Waals surface area (Å²) in [6.07, 6.45) is 3.50. The van der Waals surface area contributed by atoms with Gasteiger partial charge in [-0.3, -0.25) is 0 Å². The molecule has 17 heavy (non-hydrogen) atoms. The van der Waals surface area contributed by atoms with Gasteiger partial charge in [0, 0.05) is 19.1 Å². The van der Waals surface area contributed by atoms with Crippen LogP contribution in [-0.2, 0) is 13.1 Å². The number of hydrogen-bond donors (Lipinski definition) is 1. The standard InChI is InChI=1S/C11H16N6/c1-8(2)17-11(14-7-15-17)9-5-13-10-6-12-3-4-16(9)10/h5,7-8,12H,3-4,6H2,1-2H3. The van der Waals surface area contributed by atoms with E-state index in [9.17, 15) is 0 Å². The first-order valence-corrected chi connectivity index (χ1v) is 5.92. The molecular weight excluding hydrogens is 216 g/mol. The highest BCUT2D eigenvalue weighted by Crippen LogP contribution is 2.21. The number of rotatable bonds is 2. The maximum absolute atomic E-state index is 4.43. The van der Waals surface area contributed by atoms with E-state index < -0.39 is 0 Å². The van der Waals surface area contributed by atoms with Crippen LogP contribution < -0.4 is 5.32 Å². The van der Waals surface area contributed by atoms with Crippen LogP contribution in [0.2, 0.25) is 0 Å². The molecule has 0 amide bonds. The number of aromatic nitrogens is 5. The summed E-state index contributed by atoms with van der Waals surface area (Å²) >= 11 is 0. The predicted octanol–water partition coefficient (Wildman–Crippen LogP) is 0.826. The van der Waals surface area contributed by atoms with Crippen LogP contribution in [0.4, 0.5) is 0 Å². The summed E-state index contributed by atoms with van der Waals surface area (Å²) in [5.41, 5.74) is 1.06. The van der Waals surface area contributed by atoms with E-state index in [-0.39, 0.29) is 0 Å². The lowest BCUT2D eigenvalue weighted by atomic mass is 10.3. The summed E-state index contributed by atoms with van der Waals surface area (Å²) in [7, 11) is 0. The van der Waals surface area contributed by atoms with Gasteiger partial charge < -0.3 is 9.88 Å². The Labute approximate surface area is 99.7 Å². The van der Waals surface area contributed by atoms with Gasteiger partial charge in [-0.25, -0.2) is 14.6 Å². The van der Waals surface area contributed by atoms with E-state index in [2.05, 4.69) is 38.8 Å². The molecule has 0 bridgehead atoms. The molecular formula is C11H16N6. The van der Waals surface area contributed by atoms with Crippen LogP contribution in [0.25, 0.3) is 11.5 Å². The van der Waals surface area contributed by atoms with Gasteiger partial charge in [-0.05, 0) is 13.8 Å². The largest absolute Gasteiger partial charge is 0.323 e. The third kappa shape index (κ3) is 1.64. The maximum atomic E-state index is 4.43. The Balaban J connectivity index is 2.09. The molecule has 1 aliphatic rings. The van der Waals surface area contributed by atoms with Crippen LogP contribution in [-0.4, -0.2) is 30.9 Å². The number of fused-ring (bicyclic) bond motifs is 1. The molecule has 0 fully saturated rings. The van der Waals surface area contributed by atoms with Gasteiger partial charge in [0.15, 0.2) is 5.82 Å². The number of nitrogens with one attached hydrogen (secondary N) is 1. The molecule has 0 saturated carbocycles. The summed E-state index contributed by atoms with van der Waals surface area (Å²) in [5, 5.41) is 7.58. The fourth-order valence-electron chi connectivity index (χ4n) is 2.19. The average molecular weight is 232 g/mol. The van der Waals surface area contributed by atoms with Gasteiger partial charge >= 0.3 is 0 Å². The quantitative estimate of drug-likeness (QED) is 0.833. The normalized spacial score (nSPS) is 15.2. The molecule has 3 rings (SSSR count). The highest BCUT2D eigenvalue weighted by molar-refractivity contribution is 5.49. The first kappa shape index (κ1) is 10.5. The van der Waals surface area contributed by atoms with Crippen molar-refractivity contribution in [2.45, 2.75) is 33.0 Å². The Morgan fingerprint density at radius 3 is 3.06 bits per heavy atom. The van der Waals surface area contributed by atoms with Crippen molar-refractivity contribution in [3.63, 3.8) is 0 Å². The molecule has 6 heteroatoms. The average Bonchev–Trinajstić information content (AvgIpc) is 2.94. The van der Waals surface area contributed by atoms with Crippen molar-refractivity contribution in [2.75, 3.05) is 6.54 Å². The molecule has 0 radical (unpaired) electrons. The van der Waals surface area contributed by atoms with Gasteiger partial charge in [0.1, 0.15) is 17.8 Å². The molecule has 0 atom stereocenters. The van der Waals surface area contributed by atoms with Crippen molar-refractivity contribution in [3.05, 3.63) is 18.3 Å². The number of hydrogen-bond acceptors (Lipinski definition) is 4. The van der Waals surface area contributed by atoms with Crippen molar-refractivity contribution in [3.8, 4) is 11.5 Å². The van der Waals surface area contributed by atoms with Crippen LogP contribution in [0, 0.1) is 0 Å². The van der Waals surface area contributed by atoms with Gasteiger partial charge in [-0.15, -0.1) is 0 Å². The van der Waals surface area contributed by atoms with E-state index >= 15 is 0 Å². The molecule has 0 saturated heterocycles. The zero-order chi connectivity index (χ0) is 11.8. The van der Waals surface area contributed by atoms with Crippen molar-refractivity contribution >= 4 is 0 Å². The Kier molecular flexibility index (Phi) is 2.44. The zero-order valence-corrected chi connectivity index (χ0v) is 10.1. The first-order valence-electron chi connectivity index (χ1n) is 5.92. The van der Waals surface area contributed by atoms with E-state index in [1.165, 1.54) is 0 Å². The Morgan fingerprint density at radius 2 is 2.24 bits per heavy atom. The van der Waals surface area contributed by atoms with Crippen molar-refractivity contribution < 1.29 is 0 Å². The van der Waals surface area contributed by atoms with E-state index in [1.807, 2.05) is 10.9 Å².